The van der Waals surface area contributed by atoms with Crippen LogP contribution in [0, 0.1) is 0 Å². The lowest BCUT2D eigenvalue weighted by atomic mass is 10.4. The van der Waals surface area contributed by atoms with E-state index in [1.165, 1.54) is 4.31 Å². The summed E-state index contributed by atoms with van der Waals surface area (Å²) in [5.41, 5.74) is 0. The Labute approximate surface area is 104 Å². The van der Waals surface area contributed by atoms with Gasteiger partial charge in [0.05, 0.1) is 0 Å². The van der Waals surface area contributed by atoms with Crippen LogP contribution in [0.2, 0.25) is 0 Å². The van der Waals surface area contributed by atoms with Gasteiger partial charge in [-0.2, -0.15) is 24.5 Å². The van der Waals surface area contributed by atoms with Crippen LogP contribution in [0.1, 0.15) is 13.3 Å². The smallest absolute Gasteiger partial charge is 0.279 e. The van der Waals surface area contributed by atoms with Crippen LogP contribution in [-0.4, -0.2) is 58.0 Å². The molecule has 0 bridgehead atoms. The molecule has 1 atom stereocenters. The van der Waals surface area contributed by atoms with E-state index in [0.717, 1.165) is 13.0 Å². The average Bonchev–Trinajstić information content (AvgIpc) is 2.26. The highest BCUT2D eigenvalue weighted by molar-refractivity contribution is 7.99. The van der Waals surface area contributed by atoms with E-state index < -0.39 is 10.2 Å². The van der Waals surface area contributed by atoms with Crippen LogP contribution in [0.3, 0.4) is 0 Å². The largest absolute Gasteiger partial charge is 0.320 e. The summed E-state index contributed by atoms with van der Waals surface area (Å²) in [6, 6.07) is 0. The third-order valence-corrected chi connectivity index (χ3v) is 4.77. The summed E-state index contributed by atoms with van der Waals surface area (Å²) in [6.07, 6.45) is 2.78. The van der Waals surface area contributed by atoms with E-state index in [-0.39, 0.29) is 0 Å². The van der Waals surface area contributed by atoms with Gasteiger partial charge in [-0.1, -0.05) is 6.92 Å². The van der Waals surface area contributed by atoms with E-state index in [1.807, 2.05) is 20.2 Å². The number of rotatable bonds is 9. The first-order valence-corrected chi connectivity index (χ1v) is 8.05. The Kier molecular flexibility index (Phi) is 8.39. The first kappa shape index (κ1) is 16.2. The Morgan fingerprint density at radius 1 is 1.44 bits per heavy atom. The average molecular weight is 269 g/mol. The third-order valence-electron chi connectivity index (χ3n) is 2.27. The van der Waals surface area contributed by atoms with Crippen LogP contribution >= 0.6 is 11.8 Å². The summed E-state index contributed by atoms with van der Waals surface area (Å²) in [4.78, 5) is 0. The van der Waals surface area contributed by atoms with E-state index >= 15 is 0 Å². The monoisotopic (exact) mass is 269 g/mol. The minimum absolute atomic E-state index is 0.292. The maximum absolute atomic E-state index is 11.7. The maximum atomic E-state index is 11.7. The molecule has 98 valence electrons. The van der Waals surface area contributed by atoms with Gasteiger partial charge in [0.1, 0.15) is 0 Å². The van der Waals surface area contributed by atoms with Crippen molar-refractivity contribution in [2.45, 2.75) is 18.6 Å². The van der Waals surface area contributed by atoms with Crippen LogP contribution in [0.15, 0.2) is 0 Å². The number of hydrogen-bond acceptors (Lipinski definition) is 4. The number of nitrogens with zero attached hydrogens (tertiary/aromatic N) is 1. The van der Waals surface area contributed by atoms with Crippen molar-refractivity contribution >= 4 is 22.0 Å². The van der Waals surface area contributed by atoms with E-state index in [4.69, 9.17) is 0 Å². The molecule has 0 rings (SSSR count). The Morgan fingerprint density at radius 2 is 2.06 bits per heavy atom. The van der Waals surface area contributed by atoms with Gasteiger partial charge in [-0.15, -0.1) is 0 Å². The number of thioether (sulfide) groups is 1. The first-order chi connectivity index (χ1) is 7.44. The van der Waals surface area contributed by atoms with Crippen molar-refractivity contribution in [3.8, 4) is 0 Å². The lowest BCUT2D eigenvalue weighted by molar-refractivity contribution is 0.448. The van der Waals surface area contributed by atoms with Crippen LogP contribution in [0.5, 0.6) is 0 Å². The molecule has 0 aliphatic rings. The van der Waals surface area contributed by atoms with Gasteiger partial charge in [0.25, 0.3) is 10.2 Å². The molecule has 0 amide bonds. The molecule has 0 radical (unpaired) electrons. The van der Waals surface area contributed by atoms with Gasteiger partial charge in [0.15, 0.2) is 0 Å². The van der Waals surface area contributed by atoms with Crippen molar-refractivity contribution in [2.75, 3.05) is 40.0 Å². The zero-order valence-electron chi connectivity index (χ0n) is 10.5. The van der Waals surface area contributed by atoms with Crippen LogP contribution in [0.25, 0.3) is 0 Å². The molecule has 1 unspecified atom stereocenters. The Bertz CT molecular complexity index is 270. The van der Waals surface area contributed by atoms with Gasteiger partial charge in [-0.05, 0) is 26.3 Å². The first-order valence-electron chi connectivity index (χ1n) is 5.32. The molecule has 5 nitrogen and oxygen atoms in total. The minimum atomic E-state index is -3.30. The van der Waals surface area contributed by atoms with E-state index in [1.54, 1.807) is 18.8 Å². The maximum Gasteiger partial charge on any atom is 0.279 e. The second kappa shape index (κ2) is 8.30. The summed E-state index contributed by atoms with van der Waals surface area (Å²) >= 11 is 1.64. The molecule has 0 aromatic heterocycles. The number of hydrogen-bond donors (Lipinski definition) is 2. The lowest BCUT2D eigenvalue weighted by Gasteiger charge is -2.18. The fourth-order valence-corrected chi connectivity index (χ4v) is 2.42. The zero-order valence-corrected chi connectivity index (χ0v) is 12.1. The van der Waals surface area contributed by atoms with Crippen molar-refractivity contribution in [2.24, 2.45) is 0 Å². The van der Waals surface area contributed by atoms with Crippen molar-refractivity contribution in [3.63, 3.8) is 0 Å². The molecular formula is C9H23N3O2S2. The zero-order chi connectivity index (χ0) is 12.6. The summed E-state index contributed by atoms with van der Waals surface area (Å²) in [7, 11) is 0.149. The summed E-state index contributed by atoms with van der Waals surface area (Å²) < 4.78 is 27.4. The van der Waals surface area contributed by atoms with E-state index in [2.05, 4.69) is 10.0 Å². The normalized spacial score (nSPS) is 14.3. The molecule has 0 saturated heterocycles. The highest BCUT2D eigenvalue weighted by Gasteiger charge is 2.17. The second-order valence-corrected chi connectivity index (χ2v) is 6.82. The van der Waals surface area contributed by atoms with Gasteiger partial charge < -0.3 is 5.32 Å². The molecule has 16 heavy (non-hydrogen) atoms. The van der Waals surface area contributed by atoms with Crippen LogP contribution in [-0.2, 0) is 10.2 Å². The van der Waals surface area contributed by atoms with Gasteiger partial charge >= 0.3 is 0 Å². The van der Waals surface area contributed by atoms with Gasteiger partial charge in [0, 0.05) is 25.4 Å². The SMILES string of the molecule is CNCCCN(C)S(=O)(=O)NCC(C)SC. The topological polar surface area (TPSA) is 61.4 Å². The van der Waals surface area contributed by atoms with Crippen molar-refractivity contribution in [3.05, 3.63) is 0 Å². The quantitative estimate of drug-likeness (QED) is 0.584. The molecule has 0 saturated carbocycles. The Hall–Kier alpha value is 0.180. The molecular weight excluding hydrogens is 246 g/mol. The molecule has 0 aliphatic carbocycles. The minimum Gasteiger partial charge on any atom is -0.320 e. The Morgan fingerprint density at radius 3 is 2.56 bits per heavy atom. The fraction of sp³-hybridized carbons (Fsp3) is 1.00. The summed E-state index contributed by atoms with van der Waals surface area (Å²) in [5.74, 6) is 0. The predicted molar refractivity (Wildman–Crippen MR) is 71.1 cm³/mol. The molecule has 0 aromatic rings. The lowest BCUT2D eigenvalue weighted by Crippen LogP contribution is -2.41. The molecule has 0 heterocycles. The molecule has 0 spiro atoms. The standard InChI is InChI=1S/C9H23N3O2S2/c1-9(15-4)8-11-16(13,14)12(3)7-5-6-10-2/h9-11H,5-8H2,1-4H3. The van der Waals surface area contributed by atoms with Gasteiger partial charge in [-0.25, -0.2) is 4.72 Å². The molecule has 2 N–H and O–H groups in total. The van der Waals surface area contributed by atoms with Gasteiger partial charge in [-0.3, -0.25) is 0 Å². The third kappa shape index (κ3) is 6.70. The van der Waals surface area contributed by atoms with Crippen molar-refractivity contribution in [1.82, 2.24) is 14.3 Å². The van der Waals surface area contributed by atoms with Crippen LogP contribution < -0.4 is 10.0 Å². The van der Waals surface area contributed by atoms with E-state index in [0.29, 0.717) is 18.3 Å². The van der Waals surface area contributed by atoms with Crippen LogP contribution in [0.4, 0.5) is 0 Å². The molecule has 0 aromatic carbocycles. The second-order valence-electron chi connectivity index (χ2n) is 3.68. The van der Waals surface area contributed by atoms with Gasteiger partial charge in [0.2, 0.25) is 0 Å². The highest BCUT2D eigenvalue weighted by Crippen LogP contribution is 2.04. The Balaban J connectivity index is 4.01. The fourth-order valence-electron chi connectivity index (χ4n) is 1.01. The highest BCUT2D eigenvalue weighted by atomic mass is 32.2. The summed E-state index contributed by atoms with van der Waals surface area (Å²) in [5, 5.41) is 3.28. The van der Waals surface area contributed by atoms with E-state index in [9.17, 15) is 8.42 Å². The van der Waals surface area contributed by atoms with Crippen molar-refractivity contribution < 1.29 is 8.42 Å². The molecule has 0 aliphatic heterocycles. The van der Waals surface area contributed by atoms with Crippen molar-refractivity contribution in [1.29, 1.82) is 0 Å². The molecule has 0 fully saturated rings. The molecule has 7 heteroatoms. The number of nitrogens with one attached hydrogen (secondary N) is 2. The predicted octanol–water partition coefficient (Wildman–Crippen LogP) is 0.114. The summed E-state index contributed by atoms with van der Waals surface area (Å²) in [6.45, 7) is 3.82.